The van der Waals surface area contributed by atoms with Crippen LogP contribution in [0.25, 0.3) is 0 Å². The van der Waals surface area contributed by atoms with Gasteiger partial charge in [-0.05, 0) is 18.6 Å². The first-order chi connectivity index (χ1) is 11.1. The van der Waals surface area contributed by atoms with Crippen LogP contribution in [0.3, 0.4) is 0 Å². The van der Waals surface area contributed by atoms with Gasteiger partial charge in [0.05, 0.1) is 5.56 Å². The molecule has 1 aromatic carbocycles. The minimum atomic E-state index is -4.70. The largest absolute Gasteiger partial charge is 0.416 e. The van der Waals surface area contributed by atoms with Crippen LogP contribution < -0.4 is 5.32 Å². The molecule has 1 aliphatic heterocycles. The summed E-state index contributed by atoms with van der Waals surface area (Å²) in [4.78, 5) is 1.67. The van der Waals surface area contributed by atoms with Crippen LogP contribution in [0.5, 0.6) is 0 Å². The molecule has 0 aromatic heterocycles. The molecule has 24 heavy (non-hydrogen) atoms. The van der Waals surface area contributed by atoms with Gasteiger partial charge in [-0.3, -0.25) is 4.90 Å². The Labute approximate surface area is 134 Å². The van der Waals surface area contributed by atoms with Gasteiger partial charge >= 0.3 is 12.4 Å². The standard InChI is InChI=1S/C15H17F7N2/c16-12-9-10(15(20,21)22)1-2-11(12)13(3-4-14(17,18)19)24-7-5-23-6-8-24/h1-2,9,13,23H,3-8H2/t13-/m1/s1. The maximum absolute atomic E-state index is 14.2. The minimum Gasteiger partial charge on any atom is -0.314 e. The van der Waals surface area contributed by atoms with Crippen molar-refractivity contribution in [2.24, 2.45) is 0 Å². The fraction of sp³-hybridized carbons (Fsp3) is 0.600. The molecule has 2 rings (SSSR count). The van der Waals surface area contributed by atoms with Crippen molar-refractivity contribution in [1.82, 2.24) is 10.2 Å². The average molecular weight is 358 g/mol. The average Bonchev–Trinajstić information content (AvgIpc) is 2.48. The maximum atomic E-state index is 14.2. The molecule has 0 radical (unpaired) electrons. The van der Waals surface area contributed by atoms with Crippen LogP contribution in [0.2, 0.25) is 0 Å². The zero-order chi connectivity index (χ0) is 18.0. The van der Waals surface area contributed by atoms with Gasteiger partial charge in [-0.25, -0.2) is 4.39 Å². The molecule has 136 valence electrons. The minimum absolute atomic E-state index is 0.130. The maximum Gasteiger partial charge on any atom is 0.416 e. The molecule has 1 heterocycles. The highest BCUT2D eigenvalue weighted by Gasteiger charge is 2.34. The number of piperazine rings is 1. The summed E-state index contributed by atoms with van der Waals surface area (Å²) in [6, 6.07) is 1.09. The van der Waals surface area contributed by atoms with Gasteiger partial charge in [-0.1, -0.05) is 6.07 Å². The molecule has 2 nitrogen and oxygen atoms in total. The van der Waals surface area contributed by atoms with Crippen LogP contribution in [0.4, 0.5) is 30.7 Å². The Morgan fingerprint density at radius 1 is 1.04 bits per heavy atom. The Balaban J connectivity index is 2.28. The number of benzene rings is 1. The van der Waals surface area contributed by atoms with Crippen molar-refractivity contribution in [2.75, 3.05) is 26.2 Å². The quantitative estimate of drug-likeness (QED) is 0.814. The van der Waals surface area contributed by atoms with E-state index in [1.54, 1.807) is 4.90 Å². The summed E-state index contributed by atoms with van der Waals surface area (Å²) in [5, 5.41) is 3.03. The number of halogens is 7. The van der Waals surface area contributed by atoms with Gasteiger partial charge < -0.3 is 5.32 Å². The number of hydrogen-bond acceptors (Lipinski definition) is 2. The molecule has 0 aliphatic carbocycles. The molecule has 0 saturated carbocycles. The summed E-state index contributed by atoms with van der Waals surface area (Å²) in [6.45, 7) is 1.88. The second-order valence-electron chi connectivity index (χ2n) is 5.69. The van der Waals surface area contributed by atoms with Crippen molar-refractivity contribution >= 4 is 0 Å². The molecule has 9 heteroatoms. The molecule has 1 atom stereocenters. The van der Waals surface area contributed by atoms with Gasteiger partial charge in [0, 0.05) is 44.2 Å². The third-order valence-corrected chi connectivity index (χ3v) is 3.98. The lowest BCUT2D eigenvalue weighted by Gasteiger charge is -2.35. The molecule has 1 saturated heterocycles. The first-order valence-electron chi connectivity index (χ1n) is 7.46. The van der Waals surface area contributed by atoms with Gasteiger partial charge in [0.25, 0.3) is 0 Å². The Morgan fingerprint density at radius 2 is 1.67 bits per heavy atom. The second-order valence-corrected chi connectivity index (χ2v) is 5.69. The van der Waals surface area contributed by atoms with Crippen LogP contribution in [0.15, 0.2) is 18.2 Å². The van der Waals surface area contributed by atoms with Crippen LogP contribution >= 0.6 is 0 Å². The smallest absolute Gasteiger partial charge is 0.314 e. The zero-order valence-corrected chi connectivity index (χ0v) is 12.6. The van der Waals surface area contributed by atoms with E-state index in [0.29, 0.717) is 38.3 Å². The normalized spacial score (nSPS) is 18.6. The molecule has 1 fully saturated rings. The van der Waals surface area contributed by atoms with Crippen molar-refractivity contribution in [3.05, 3.63) is 35.1 Å². The third-order valence-electron chi connectivity index (χ3n) is 3.98. The van der Waals surface area contributed by atoms with Crippen LogP contribution in [-0.2, 0) is 6.18 Å². The Hall–Kier alpha value is -1.35. The van der Waals surface area contributed by atoms with Crippen molar-refractivity contribution in [2.45, 2.75) is 31.2 Å². The van der Waals surface area contributed by atoms with E-state index in [2.05, 4.69) is 5.32 Å². The summed E-state index contributed by atoms with van der Waals surface area (Å²) >= 11 is 0. The van der Waals surface area contributed by atoms with E-state index >= 15 is 0 Å². The molecule has 1 aliphatic rings. The van der Waals surface area contributed by atoms with Crippen molar-refractivity contribution in [3.63, 3.8) is 0 Å². The topological polar surface area (TPSA) is 15.3 Å². The van der Waals surface area contributed by atoms with Gasteiger partial charge in [0.2, 0.25) is 0 Å². The summed E-state index contributed by atoms with van der Waals surface area (Å²) < 4.78 is 89.7. The van der Waals surface area contributed by atoms with E-state index in [9.17, 15) is 30.7 Å². The Kier molecular flexibility index (Phi) is 5.74. The number of nitrogens with zero attached hydrogens (tertiary/aromatic N) is 1. The highest BCUT2D eigenvalue weighted by Crippen LogP contribution is 2.36. The molecule has 0 spiro atoms. The zero-order valence-electron chi connectivity index (χ0n) is 12.6. The number of hydrogen-bond donors (Lipinski definition) is 1. The number of nitrogens with one attached hydrogen (secondary N) is 1. The van der Waals surface area contributed by atoms with Crippen molar-refractivity contribution in [1.29, 1.82) is 0 Å². The van der Waals surface area contributed by atoms with Gasteiger partial charge in [0.1, 0.15) is 5.82 Å². The van der Waals surface area contributed by atoms with Crippen molar-refractivity contribution < 1.29 is 30.7 Å². The van der Waals surface area contributed by atoms with Crippen molar-refractivity contribution in [3.8, 4) is 0 Å². The molecule has 1 N–H and O–H groups in total. The predicted molar refractivity (Wildman–Crippen MR) is 73.9 cm³/mol. The molecule has 1 aromatic rings. The summed E-state index contributed by atoms with van der Waals surface area (Å²) in [7, 11) is 0. The number of rotatable bonds is 4. The van der Waals surface area contributed by atoms with E-state index < -0.39 is 42.6 Å². The SMILES string of the molecule is Fc1cc(C(F)(F)F)ccc1[C@@H](CCC(F)(F)F)N1CCNCC1. The predicted octanol–water partition coefficient (Wildman–Crippen LogP) is 4.13. The first kappa shape index (κ1) is 19.0. The van der Waals surface area contributed by atoms with Gasteiger partial charge in [-0.2, -0.15) is 26.3 Å². The van der Waals surface area contributed by atoms with E-state index in [-0.39, 0.29) is 5.56 Å². The molecule has 0 bridgehead atoms. The van der Waals surface area contributed by atoms with Crippen LogP contribution in [0, 0.1) is 5.82 Å². The third kappa shape index (κ3) is 5.07. The summed E-state index contributed by atoms with van der Waals surface area (Å²) in [6.07, 6.45) is -10.6. The monoisotopic (exact) mass is 358 g/mol. The molecular formula is C15H17F7N2. The Morgan fingerprint density at radius 3 is 2.17 bits per heavy atom. The lowest BCUT2D eigenvalue weighted by atomic mass is 9.97. The lowest BCUT2D eigenvalue weighted by molar-refractivity contribution is -0.138. The van der Waals surface area contributed by atoms with E-state index in [1.165, 1.54) is 0 Å². The van der Waals surface area contributed by atoms with Crippen LogP contribution in [0.1, 0.15) is 30.0 Å². The fourth-order valence-corrected chi connectivity index (χ4v) is 2.80. The first-order valence-corrected chi connectivity index (χ1v) is 7.46. The number of alkyl halides is 6. The summed E-state index contributed by atoms with van der Waals surface area (Å²) in [5.74, 6) is -1.13. The lowest BCUT2D eigenvalue weighted by Crippen LogP contribution is -2.45. The molecule has 0 amide bonds. The molecular weight excluding hydrogens is 341 g/mol. The van der Waals surface area contributed by atoms with Crippen LogP contribution in [-0.4, -0.2) is 37.3 Å². The molecule has 0 unspecified atom stereocenters. The summed E-state index contributed by atoms with van der Waals surface area (Å²) in [5.41, 5.74) is -1.28. The fourth-order valence-electron chi connectivity index (χ4n) is 2.80. The van der Waals surface area contributed by atoms with E-state index in [0.717, 1.165) is 6.07 Å². The Bertz CT molecular complexity index is 548. The highest BCUT2D eigenvalue weighted by atomic mass is 19.4. The second kappa shape index (κ2) is 7.26. The van der Waals surface area contributed by atoms with E-state index in [4.69, 9.17) is 0 Å². The van der Waals surface area contributed by atoms with Gasteiger partial charge in [0.15, 0.2) is 0 Å². The highest BCUT2D eigenvalue weighted by molar-refractivity contribution is 5.29. The van der Waals surface area contributed by atoms with E-state index in [1.807, 2.05) is 0 Å². The van der Waals surface area contributed by atoms with Gasteiger partial charge in [-0.15, -0.1) is 0 Å².